The van der Waals surface area contributed by atoms with Crippen molar-refractivity contribution in [2.75, 3.05) is 0 Å². The number of nitrogens with one attached hydrogen (secondary N) is 1. The van der Waals surface area contributed by atoms with E-state index in [9.17, 15) is 9.18 Å². The van der Waals surface area contributed by atoms with Crippen molar-refractivity contribution in [1.29, 1.82) is 0 Å². The summed E-state index contributed by atoms with van der Waals surface area (Å²) in [7, 11) is 0. The lowest BCUT2D eigenvalue weighted by molar-refractivity contribution is -0.117. The summed E-state index contributed by atoms with van der Waals surface area (Å²) in [4.78, 5) is 11.9. The number of amides is 1. The molecule has 0 radical (unpaired) electrons. The molecule has 1 atom stereocenters. The number of carbonyl (C=O) groups excluding carboxylic acids is 1. The second kappa shape index (κ2) is 7.04. The van der Waals surface area contributed by atoms with Crippen molar-refractivity contribution >= 4 is 23.6 Å². The van der Waals surface area contributed by atoms with Crippen LogP contribution in [0.1, 0.15) is 24.1 Å². The van der Waals surface area contributed by atoms with E-state index >= 15 is 0 Å². The van der Waals surface area contributed by atoms with Gasteiger partial charge in [-0.3, -0.25) is 4.79 Å². The normalized spacial score (nSPS) is 12.3. The van der Waals surface area contributed by atoms with Gasteiger partial charge in [-0.25, -0.2) is 4.39 Å². The fraction of sp³-hybridized carbons (Fsp3) is 0.118. The number of hydrogen-bond donors (Lipinski definition) is 1. The molecular formula is C17H15ClFNO. The van der Waals surface area contributed by atoms with Gasteiger partial charge in [-0.1, -0.05) is 48.0 Å². The highest BCUT2D eigenvalue weighted by Gasteiger charge is 2.08. The van der Waals surface area contributed by atoms with Crippen molar-refractivity contribution in [2.45, 2.75) is 13.0 Å². The second-order valence-corrected chi connectivity index (χ2v) is 5.02. The van der Waals surface area contributed by atoms with E-state index in [0.717, 1.165) is 5.56 Å². The van der Waals surface area contributed by atoms with E-state index in [1.54, 1.807) is 6.07 Å². The first-order valence-corrected chi connectivity index (χ1v) is 6.93. The van der Waals surface area contributed by atoms with Gasteiger partial charge in [0.15, 0.2) is 0 Å². The summed E-state index contributed by atoms with van der Waals surface area (Å²) >= 11 is 5.89. The molecule has 0 aromatic heterocycles. The van der Waals surface area contributed by atoms with E-state index in [2.05, 4.69) is 5.32 Å². The topological polar surface area (TPSA) is 29.1 Å². The molecule has 4 heteroatoms. The maximum atomic E-state index is 13.6. The summed E-state index contributed by atoms with van der Waals surface area (Å²) in [6.07, 6.45) is 2.66. The SMILES string of the molecule is C[C@@H](NC(=O)/C=C/c1c(F)cccc1Cl)c1ccccc1. The molecule has 1 N–H and O–H groups in total. The van der Waals surface area contributed by atoms with Gasteiger partial charge in [0.2, 0.25) is 5.91 Å². The van der Waals surface area contributed by atoms with Crippen molar-refractivity contribution < 1.29 is 9.18 Å². The Bertz CT molecular complexity index is 635. The molecule has 0 spiro atoms. The molecule has 0 fully saturated rings. The quantitative estimate of drug-likeness (QED) is 0.835. The molecule has 2 rings (SSSR count). The predicted molar refractivity (Wildman–Crippen MR) is 83.4 cm³/mol. The molecule has 1 amide bonds. The van der Waals surface area contributed by atoms with E-state index in [1.165, 1.54) is 24.3 Å². The molecule has 2 aromatic rings. The van der Waals surface area contributed by atoms with Crippen molar-refractivity contribution in [1.82, 2.24) is 5.32 Å². The van der Waals surface area contributed by atoms with E-state index in [1.807, 2.05) is 37.3 Å². The fourth-order valence-corrected chi connectivity index (χ4v) is 2.14. The third-order valence-electron chi connectivity index (χ3n) is 3.06. The van der Waals surface area contributed by atoms with Gasteiger partial charge < -0.3 is 5.32 Å². The van der Waals surface area contributed by atoms with Crippen molar-refractivity contribution in [3.05, 3.63) is 76.6 Å². The number of rotatable bonds is 4. The van der Waals surface area contributed by atoms with Gasteiger partial charge in [0.05, 0.1) is 11.1 Å². The van der Waals surface area contributed by atoms with Crippen LogP contribution in [-0.4, -0.2) is 5.91 Å². The Morgan fingerprint density at radius 1 is 1.19 bits per heavy atom. The summed E-state index contributed by atoms with van der Waals surface area (Å²) in [5, 5.41) is 3.09. The molecule has 2 aromatic carbocycles. The zero-order valence-electron chi connectivity index (χ0n) is 11.5. The maximum Gasteiger partial charge on any atom is 0.244 e. The van der Waals surface area contributed by atoms with Crippen LogP contribution >= 0.6 is 11.6 Å². The van der Waals surface area contributed by atoms with Crippen molar-refractivity contribution in [2.24, 2.45) is 0 Å². The van der Waals surface area contributed by atoms with E-state index in [4.69, 9.17) is 11.6 Å². The third-order valence-corrected chi connectivity index (χ3v) is 3.39. The minimum absolute atomic E-state index is 0.126. The van der Waals surface area contributed by atoms with Crippen LogP contribution in [-0.2, 0) is 4.79 Å². The standard InChI is InChI=1S/C17H15ClFNO/c1-12(13-6-3-2-4-7-13)20-17(21)11-10-14-15(18)8-5-9-16(14)19/h2-12H,1H3,(H,20,21)/b11-10+/t12-/m1/s1. The number of carbonyl (C=O) groups is 1. The molecule has 108 valence electrons. The van der Waals surface area contributed by atoms with Crippen molar-refractivity contribution in [3.8, 4) is 0 Å². The molecule has 0 aliphatic carbocycles. The molecular weight excluding hydrogens is 289 g/mol. The lowest BCUT2D eigenvalue weighted by Crippen LogP contribution is -2.24. The van der Waals surface area contributed by atoms with Crippen LogP contribution in [0.2, 0.25) is 5.02 Å². The Balaban J connectivity index is 2.03. The zero-order chi connectivity index (χ0) is 15.2. The first-order chi connectivity index (χ1) is 10.1. The summed E-state index contributed by atoms with van der Waals surface area (Å²) < 4.78 is 13.6. The summed E-state index contributed by atoms with van der Waals surface area (Å²) in [6, 6.07) is 13.9. The van der Waals surface area contributed by atoms with Gasteiger partial charge in [-0.05, 0) is 30.7 Å². The van der Waals surface area contributed by atoms with Gasteiger partial charge in [-0.15, -0.1) is 0 Å². The monoisotopic (exact) mass is 303 g/mol. The minimum atomic E-state index is -0.456. The average Bonchev–Trinajstić information content (AvgIpc) is 2.47. The molecule has 0 unspecified atom stereocenters. The Kier molecular flexibility index (Phi) is 5.12. The Morgan fingerprint density at radius 2 is 1.90 bits per heavy atom. The number of benzene rings is 2. The molecule has 0 saturated heterocycles. The van der Waals surface area contributed by atoms with Gasteiger partial charge in [0.25, 0.3) is 0 Å². The highest BCUT2D eigenvalue weighted by Crippen LogP contribution is 2.20. The first-order valence-electron chi connectivity index (χ1n) is 6.55. The molecule has 0 aliphatic rings. The Morgan fingerprint density at radius 3 is 2.57 bits per heavy atom. The number of halogens is 2. The first kappa shape index (κ1) is 15.3. The largest absolute Gasteiger partial charge is 0.346 e. The molecule has 21 heavy (non-hydrogen) atoms. The van der Waals surface area contributed by atoms with Gasteiger partial charge in [0, 0.05) is 11.6 Å². The van der Waals surface area contributed by atoms with E-state index in [0.29, 0.717) is 0 Å². The summed E-state index contributed by atoms with van der Waals surface area (Å²) in [6.45, 7) is 1.89. The fourth-order valence-electron chi connectivity index (χ4n) is 1.92. The third kappa shape index (κ3) is 4.17. The maximum absolute atomic E-state index is 13.6. The van der Waals surface area contributed by atoms with Crippen LogP contribution in [0.5, 0.6) is 0 Å². The lowest BCUT2D eigenvalue weighted by Gasteiger charge is -2.12. The van der Waals surface area contributed by atoms with Crippen LogP contribution in [0.15, 0.2) is 54.6 Å². The van der Waals surface area contributed by atoms with Gasteiger partial charge >= 0.3 is 0 Å². The van der Waals surface area contributed by atoms with Crippen LogP contribution in [0.4, 0.5) is 4.39 Å². The van der Waals surface area contributed by atoms with Gasteiger partial charge in [0.1, 0.15) is 5.82 Å². The molecule has 0 saturated carbocycles. The summed E-state index contributed by atoms with van der Waals surface area (Å²) in [5.74, 6) is -0.756. The molecule has 0 bridgehead atoms. The highest BCUT2D eigenvalue weighted by molar-refractivity contribution is 6.32. The molecule has 0 heterocycles. The minimum Gasteiger partial charge on any atom is -0.346 e. The second-order valence-electron chi connectivity index (χ2n) is 4.61. The zero-order valence-corrected chi connectivity index (χ0v) is 12.3. The Hall–Kier alpha value is -2.13. The number of hydrogen-bond acceptors (Lipinski definition) is 1. The van der Waals surface area contributed by atoms with Crippen LogP contribution in [0.25, 0.3) is 6.08 Å². The van der Waals surface area contributed by atoms with E-state index < -0.39 is 5.82 Å². The average molecular weight is 304 g/mol. The van der Waals surface area contributed by atoms with Crippen LogP contribution in [0.3, 0.4) is 0 Å². The lowest BCUT2D eigenvalue weighted by atomic mass is 10.1. The van der Waals surface area contributed by atoms with E-state index in [-0.39, 0.29) is 22.5 Å². The van der Waals surface area contributed by atoms with Crippen LogP contribution < -0.4 is 5.32 Å². The van der Waals surface area contributed by atoms with Crippen molar-refractivity contribution in [3.63, 3.8) is 0 Å². The predicted octanol–water partition coefficient (Wildman–Crippen LogP) is 4.37. The molecule has 2 nitrogen and oxygen atoms in total. The summed E-state index contributed by atoms with van der Waals surface area (Å²) in [5.41, 5.74) is 1.21. The van der Waals surface area contributed by atoms with Crippen LogP contribution in [0, 0.1) is 5.82 Å². The smallest absolute Gasteiger partial charge is 0.244 e. The Labute approximate surface area is 128 Å². The molecule has 0 aliphatic heterocycles. The van der Waals surface area contributed by atoms with Gasteiger partial charge in [-0.2, -0.15) is 0 Å². The highest BCUT2D eigenvalue weighted by atomic mass is 35.5.